The summed E-state index contributed by atoms with van der Waals surface area (Å²) >= 11 is 8.39. The Morgan fingerprint density at radius 2 is 1.64 bits per heavy atom. The third kappa shape index (κ3) is 1.99. The van der Waals surface area contributed by atoms with E-state index < -0.39 is 15.5 Å². The minimum atomic E-state index is -0.776. The standard InChI is InChI=1S/C6H2BrClN2O4/c7-3-1-4(8)6(10(13)14)2-5(3)9(11)12/h1-2H. The fourth-order valence-electron chi connectivity index (χ4n) is 0.806. The molecule has 0 amide bonds. The molecule has 0 N–H and O–H groups in total. The third-order valence-electron chi connectivity index (χ3n) is 1.41. The van der Waals surface area contributed by atoms with Crippen molar-refractivity contribution in [2.24, 2.45) is 0 Å². The normalized spacial score (nSPS) is 9.86. The molecular weight excluding hydrogens is 279 g/mol. The van der Waals surface area contributed by atoms with Crippen LogP contribution in [0.4, 0.5) is 11.4 Å². The molecule has 0 saturated carbocycles. The number of nitrogens with zero attached hydrogens (tertiary/aromatic N) is 2. The van der Waals surface area contributed by atoms with E-state index in [0.29, 0.717) is 0 Å². The van der Waals surface area contributed by atoms with Gasteiger partial charge in [-0.1, -0.05) is 11.6 Å². The molecule has 0 fully saturated rings. The number of hydrogen-bond acceptors (Lipinski definition) is 4. The molecular formula is C6H2BrClN2O4. The first-order valence-corrected chi connectivity index (χ1v) is 4.38. The smallest absolute Gasteiger partial charge is 0.258 e. The monoisotopic (exact) mass is 280 g/mol. The van der Waals surface area contributed by atoms with Crippen molar-refractivity contribution in [3.05, 3.63) is 41.9 Å². The lowest BCUT2D eigenvalue weighted by Gasteiger charge is -1.97. The first kappa shape index (κ1) is 10.9. The summed E-state index contributed by atoms with van der Waals surface area (Å²) in [6.07, 6.45) is 0. The summed E-state index contributed by atoms with van der Waals surface area (Å²) in [5, 5.41) is 20.7. The van der Waals surface area contributed by atoms with Gasteiger partial charge in [0, 0.05) is 0 Å². The van der Waals surface area contributed by atoms with Gasteiger partial charge in [0.05, 0.1) is 20.4 Å². The Morgan fingerprint density at radius 3 is 2.07 bits per heavy atom. The molecule has 0 aromatic heterocycles. The summed E-state index contributed by atoms with van der Waals surface area (Å²) in [5.41, 5.74) is -0.873. The molecule has 8 heteroatoms. The summed E-state index contributed by atoms with van der Waals surface area (Å²) in [4.78, 5) is 19.3. The van der Waals surface area contributed by atoms with Crippen molar-refractivity contribution < 1.29 is 9.85 Å². The SMILES string of the molecule is O=[N+]([O-])c1cc([N+](=O)[O-])c(Br)cc1Cl. The Bertz CT molecular complexity index is 387. The zero-order valence-electron chi connectivity index (χ0n) is 6.44. The molecule has 0 aliphatic heterocycles. The Labute approximate surface area is 90.9 Å². The number of hydrogen-bond donors (Lipinski definition) is 0. The van der Waals surface area contributed by atoms with Crippen molar-refractivity contribution in [2.75, 3.05) is 0 Å². The van der Waals surface area contributed by atoms with Crippen LogP contribution in [0, 0.1) is 20.2 Å². The molecule has 1 rings (SSSR count). The highest BCUT2D eigenvalue weighted by Gasteiger charge is 2.21. The summed E-state index contributed by atoms with van der Waals surface area (Å²) < 4.78 is 0.109. The Hall–Kier alpha value is -1.21. The predicted molar refractivity (Wildman–Crippen MR) is 52.5 cm³/mol. The van der Waals surface area contributed by atoms with E-state index in [4.69, 9.17) is 11.6 Å². The van der Waals surface area contributed by atoms with Gasteiger partial charge in [-0.2, -0.15) is 0 Å². The van der Waals surface area contributed by atoms with Crippen molar-refractivity contribution in [1.29, 1.82) is 0 Å². The highest BCUT2D eigenvalue weighted by molar-refractivity contribution is 9.10. The predicted octanol–water partition coefficient (Wildman–Crippen LogP) is 2.92. The average Bonchev–Trinajstić information content (AvgIpc) is 2.02. The fraction of sp³-hybridized carbons (Fsp3) is 0. The van der Waals surface area contributed by atoms with Gasteiger partial charge in [-0.3, -0.25) is 20.2 Å². The molecule has 1 aromatic rings. The summed E-state index contributed by atoms with van der Waals surface area (Å²) in [6, 6.07) is 1.93. The van der Waals surface area contributed by atoms with E-state index in [1.165, 1.54) is 0 Å². The quantitative estimate of drug-likeness (QED) is 0.616. The molecule has 0 heterocycles. The van der Waals surface area contributed by atoms with Crippen molar-refractivity contribution >= 4 is 38.9 Å². The second-order valence-corrected chi connectivity index (χ2v) is 3.53. The molecule has 0 unspecified atom stereocenters. The van der Waals surface area contributed by atoms with E-state index in [-0.39, 0.29) is 15.2 Å². The van der Waals surface area contributed by atoms with Crippen LogP contribution < -0.4 is 0 Å². The Balaban J connectivity index is 3.42. The van der Waals surface area contributed by atoms with Crippen molar-refractivity contribution in [1.82, 2.24) is 0 Å². The maximum absolute atomic E-state index is 10.4. The lowest BCUT2D eigenvalue weighted by Crippen LogP contribution is -1.94. The summed E-state index contributed by atoms with van der Waals surface area (Å²) in [7, 11) is 0. The van der Waals surface area contributed by atoms with Crippen LogP contribution in [0.5, 0.6) is 0 Å². The second-order valence-electron chi connectivity index (χ2n) is 2.27. The van der Waals surface area contributed by atoms with Crippen LogP contribution in [0.15, 0.2) is 16.6 Å². The van der Waals surface area contributed by atoms with Gasteiger partial charge in [0.1, 0.15) is 5.02 Å². The van der Waals surface area contributed by atoms with Gasteiger partial charge in [0.2, 0.25) is 0 Å². The van der Waals surface area contributed by atoms with Gasteiger partial charge >= 0.3 is 0 Å². The highest BCUT2D eigenvalue weighted by Crippen LogP contribution is 2.35. The first-order valence-electron chi connectivity index (χ1n) is 3.21. The maximum atomic E-state index is 10.4. The van der Waals surface area contributed by atoms with Crippen LogP contribution in [0.1, 0.15) is 0 Å². The second kappa shape index (κ2) is 3.89. The first-order chi connectivity index (χ1) is 6.43. The zero-order chi connectivity index (χ0) is 10.9. The van der Waals surface area contributed by atoms with Crippen LogP contribution >= 0.6 is 27.5 Å². The van der Waals surface area contributed by atoms with E-state index in [9.17, 15) is 20.2 Å². The van der Waals surface area contributed by atoms with Gasteiger partial charge in [-0.25, -0.2) is 0 Å². The molecule has 1 aromatic carbocycles. The van der Waals surface area contributed by atoms with Gasteiger partial charge in [-0.15, -0.1) is 0 Å². The Kier molecular flexibility index (Phi) is 3.02. The van der Waals surface area contributed by atoms with Crippen LogP contribution in [0.25, 0.3) is 0 Å². The number of halogens is 2. The van der Waals surface area contributed by atoms with E-state index >= 15 is 0 Å². The zero-order valence-corrected chi connectivity index (χ0v) is 8.78. The Morgan fingerprint density at radius 1 is 1.14 bits per heavy atom. The van der Waals surface area contributed by atoms with E-state index in [1.807, 2.05) is 0 Å². The molecule has 0 saturated heterocycles. The fourth-order valence-corrected chi connectivity index (χ4v) is 1.66. The van der Waals surface area contributed by atoms with Crippen molar-refractivity contribution in [3.8, 4) is 0 Å². The topological polar surface area (TPSA) is 86.3 Å². The molecule has 0 aliphatic carbocycles. The molecule has 0 bridgehead atoms. The van der Waals surface area contributed by atoms with Gasteiger partial charge in [0.25, 0.3) is 11.4 Å². The lowest BCUT2D eigenvalue weighted by molar-refractivity contribution is -0.394. The van der Waals surface area contributed by atoms with Gasteiger partial charge < -0.3 is 0 Å². The van der Waals surface area contributed by atoms with E-state index in [2.05, 4.69) is 15.9 Å². The largest absolute Gasteiger partial charge is 0.294 e. The molecule has 0 spiro atoms. The highest BCUT2D eigenvalue weighted by atomic mass is 79.9. The van der Waals surface area contributed by atoms with E-state index in [0.717, 1.165) is 12.1 Å². The van der Waals surface area contributed by atoms with Gasteiger partial charge in [0.15, 0.2) is 0 Å². The maximum Gasteiger partial charge on any atom is 0.294 e. The minimum absolute atomic E-state index is 0.109. The number of benzene rings is 1. The number of rotatable bonds is 2. The van der Waals surface area contributed by atoms with Crippen molar-refractivity contribution in [3.63, 3.8) is 0 Å². The molecule has 6 nitrogen and oxygen atoms in total. The average molecular weight is 281 g/mol. The third-order valence-corrected chi connectivity index (χ3v) is 2.35. The summed E-state index contributed by atoms with van der Waals surface area (Å²) in [6.45, 7) is 0. The van der Waals surface area contributed by atoms with E-state index in [1.54, 1.807) is 0 Å². The van der Waals surface area contributed by atoms with Crippen LogP contribution in [-0.2, 0) is 0 Å². The molecule has 0 atom stereocenters. The van der Waals surface area contributed by atoms with Crippen LogP contribution in [-0.4, -0.2) is 9.85 Å². The minimum Gasteiger partial charge on any atom is -0.258 e. The molecule has 74 valence electrons. The summed E-state index contributed by atoms with van der Waals surface area (Å²) in [5.74, 6) is 0. The van der Waals surface area contributed by atoms with Crippen LogP contribution in [0.3, 0.4) is 0 Å². The molecule has 14 heavy (non-hydrogen) atoms. The number of nitro benzene ring substituents is 2. The lowest BCUT2D eigenvalue weighted by atomic mass is 10.3. The molecule has 0 aliphatic rings. The van der Waals surface area contributed by atoms with Crippen molar-refractivity contribution in [2.45, 2.75) is 0 Å². The number of nitro groups is 2. The van der Waals surface area contributed by atoms with Gasteiger partial charge in [-0.05, 0) is 22.0 Å². The molecule has 0 radical (unpaired) electrons. The van der Waals surface area contributed by atoms with Crippen LogP contribution in [0.2, 0.25) is 5.02 Å².